The van der Waals surface area contributed by atoms with E-state index in [1.54, 1.807) is 7.11 Å². The third kappa shape index (κ3) is 1.59. The van der Waals surface area contributed by atoms with Gasteiger partial charge in [0.05, 0.1) is 12.6 Å². The van der Waals surface area contributed by atoms with Crippen LogP contribution in [0.15, 0.2) is 24.3 Å². The van der Waals surface area contributed by atoms with Crippen molar-refractivity contribution in [1.82, 2.24) is 10.3 Å². The highest BCUT2D eigenvalue weighted by molar-refractivity contribution is 5.40. The fourth-order valence-electron chi connectivity index (χ4n) is 4.83. The molecule has 4 rings (SSSR count). The summed E-state index contributed by atoms with van der Waals surface area (Å²) in [6.07, 6.45) is 5.98. The summed E-state index contributed by atoms with van der Waals surface area (Å²) in [5.74, 6) is 2.20. The van der Waals surface area contributed by atoms with Gasteiger partial charge in [-0.05, 0) is 62.1 Å². The van der Waals surface area contributed by atoms with E-state index in [1.165, 1.54) is 36.1 Å². The Morgan fingerprint density at radius 3 is 3.15 bits per heavy atom. The van der Waals surface area contributed by atoms with Gasteiger partial charge in [0.2, 0.25) is 5.88 Å². The van der Waals surface area contributed by atoms with Crippen molar-refractivity contribution in [3.8, 4) is 5.88 Å². The van der Waals surface area contributed by atoms with Gasteiger partial charge < -0.3 is 10.1 Å². The molecular weight excluding hydrogens is 248 g/mol. The molecule has 1 aromatic heterocycles. The Labute approximate surface area is 120 Å². The van der Waals surface area contributed by atoms with Gasteiger partial charge in [0.15, 0.2) is 0 Å². The van der Waals surface area contributed by atoms with Gasteiger partial charge in [-0.2, -0.15) is 0 Å². The lowest BCUT2D eigenvalue weighted by atomic mass is 9.55. The molecule has 20 heavy (non-hydrogen) atoms. The highest BCUT2D eigenvalue weighted by Gasteiger charge is 2.52. The van der Waals surface area contributed by atoms with E-state index in [4.69, 9.17) is 9.72 Å². The zero-order valence-corrected chi connectivity index (χ0v) is 12.1. The molecule has 0 spiro atoms. The highest BCUT2D eigenvalue weighted by Crippen LogP contribution is 2.54. The van der Waals surface area contributed by atoms with Crippen LogP contribution in [0.25, 0.3) is 0 Å². The first kappa shape index (κ1) is 12.4. The highest BCUT2D eigenvalue weighted by atomic mass is 16.5. The molecule has 2 fully saturated rings. The van der Waals surface area contributed by atoms with Crippen molar-refractivity contribution >= 4 is 0 Å². The summed E-state index contributed by atoms with van der Waals surface area (Å²) in [5.41, 5.74) is 4.15. The molecule has 3 heteroatoms. The number of piperidine rings is 1. The van der Waals surface area contributed by atoms with E-state index in [0.717, 1.165) is 31.2 Å². The third-order valence-corrected chi connectivity index (χ3v) is 5.51. The molecule has 1 aromatic rings. The number of pyridine rings is 1. The molecular formula is C17H22N2O. The Morgan fingerprint density at radius 2 is 2.30 bits per heavy atom. The number of methoxy groups -OCH3 is 1. The number of aromatic nitrogens is 1. The lowest BCUT2D eigenvalue weighted by Crippen LogP contribution is -2.59. The molecule has 3 nitrogen and oxygen atoms in total. The zero-order valence-electron chi connectivity index (χ0n) is 12.1. The molecule has 1 N–H and O–H groups in total. The van der Waals surface area contributed by atoms with Crippen LogP contribution in [0.1, 0.15) is 36.9 Å². The number of hydrogen-bond acceptors (Lipinski definition) is 3. The van der Waals surface area contributed by atoms with Crippen molar-refractivity contribution in [3.63, 3.8) is 0 Å². The van der Waals surface area contributed by atoms with Crippen LogP contribution in [0, 0.1) is 11.8 Å². The van der Waals surface area contributed by atoms with E-state index >= 15 is 0 Å². The average Bonchev–Trinajstić information content (AvgIpc) is 2.46. The van der Waals surface area contributed by atoms with Crippen molar-refractivity contribution in [2.45, 2.75) is 37.6 Å². The van der Waals surface area contributed by atoms with Crippen LogP contribution >= 0.6 is 0 Å². The van der Waals surface area contributed by atoms with E-state index in [1.807, 2.05) is 6.07 Å². The molecule has 1 saturated carbocycles. The molecule has 2 aliphatic carbocycles. The van der Waals surface area contributed by atoms with Gasteiger partial charge in [-0.15, -0.1) is 0 Å². The molecule has 2 bridgehead atoms. The van der Waals surface area contributed by atoms with Crippen LogP contribution < -0.4 is 10.1 Å². The molecule has 0 aromatic carbocycles. The average molecular weight is 270 g/mol. The van der Waals surface area contributed by atoms with Gasteiger partial charge >= 0.3 is 0 Å². The fraction of sp³-hybridized carbons (Fsp3) is 0.588. The van der Waals surface area contributed by atoms with Crippen molar-refractivity contribution in [3.05, 3.63) is 35.5 Å². The summed E-state index contributed by atoms with van der Waals surface area (Å²) in [6, 6.07) is 4.25. The molecule has 3 atom stereocenters. The number of nitrogens with zero attached hydrogens (tertiary/aromatic N) is 1. The Morgan fingerprint density at radius 1 is 1.40 bits per heavy atom. The summed E-state index contributed by atoms with van der Waals surface area (Å²) >= 11 is 0. The van der Waals surface area contributed by atoms with Crippen LogP contribution in [0.4, 0.5) is 0 Å². The van der Waals surface area contributed by atoms with Gasteiger partial charge in [-0.1, -0.05) is 12.2 Å². The quantitative estimate of drug-likeness (QED) is 0.797. The number of nitrogens with one attached hydrogen (secondary N) is 1. The summed E-state index contributed by atoms with van der Waals surface area (Å²) in [6.45, 7) is 5.42. The molecule has 3 aliphatic rings. The lowest BCUT2D eigenvalue weighted by molar-refractivity contribution is 0.0566. The van der Waals surface area contributed by atoms with Gasteiger partial charge in [0.1, 0.15) is 0 Å². The summed E-state index contributed by atoms with van der Waals surface area (Å²) < 4.78 is 5.31. The summed E-state index contributed by atoms with van der Waals surface area (Å²) in [5, 5.41) is 3.85. The maximum atomic E-state index is 5.31. The minimum Gasteiger partial charge on any atom is -0.481 e. The van der Waals surface area contributed by atoms with E-state index in [2.05, 4.69) is 18.0 Å². The Kier molecular flexibility index (Phi) is 2.68. The second kappa shape index (κ2) is 4.32. The molecule has 0 unspecified atom stereocenters. The Balaban J connectivity index is 1.88. The third-order valence-electron chi connectivity index (χ3n) is 5.51. The first-order valence-electron chi connectivity index (χ1n) is 7.69. The molecule has 2 heterocycles. The van der Waals surface area contributed by atoms with E-state index in [0.29, 0.717) is 5.92 Å². The van der Waals surface area contributed by atoms with Crippen LogP contribution in [-0.2, 0) is 12.0 Å². The van der Waals surface area contributed by atoms with Crippen molar-refractivity contribution in [2.24, 2.45) is 11.8 Å². The van der Waals surface area contributed by atoms with E-state index in [-0.39, 0.29) is 5.54 Å². The second-order valence-corrected chi connectivity index (χ2v) is 6.59. The second-order valence-electron chi connectivity index (χ2n) is 6.59. The predicted molar refractivity (Wildman–Crippen MR) is 78.8 cm³/mol. The van der Waals surface area contributed by atoms with Crippen LogP contribution in [-0.4, -0.2) is 18.6 Å². The number of fused-ring (bicyclic) bond motifs is 1. The molecule has 0 radical (unpaired) electrons. The number of hydrogen-bond donors (Lipinski definition) is 1. The number of rotatable bonds is 1. The predicted octanol–water partition coefficient (Wildman–Crippen LogP) is 2.81. The Hall–Kier alpha value is -1.35. The van der Waals surface area contributed by atoms with Crippen LogP contribution in [0.5, 0.6) is 5.88 Å². The van der Waals surface area contributed by atoms with Crippen molar-refractivity contribution in [1.29, 1.82) is 0 Å². The maximum Gasteiger partial charge on any atom is 0.213 e. The molecule has 1 saturated heterocycles. The topological polar surface area (TPSA) is 34.1 Å². The van der Waals surface area contributed by atoms with Crippen LogP contribution in [0.2, 0.25) is 0 Å². The standard InChI is InChI=1S/C17H22N2O/c1-11-8-12-9-15-14(5-6-16(19-15)20-2)17(10-11)13(12)4-3-7-18-17/h5-6,12-13,18H,1,3-4,7-10H2,2H3/t12-,13+,17+/m0/s1. The van der Waals surface area contributed by atoms with Crippen molar-refractivity contribution < 1.29 is 4.74 Å². The van der Waals surface area contributed by atoms with Gasteiger partial charge in [0, 0.05) is 11.8 Å². The summed E-state index contributed by atoms with van der Waals surface area (Å²) in [7, 11) is 1.69. The van der Waals surface area contributed by atoms with E-state index in [9.17, 15) is 0 Å². The van der Waals surface area contributed by atoms with E-state index < -0.39 is 0 Å². The minimum absolute atomic E-state index is 0.102. The van der Waals surface area contributed by atoms with Crippen molar-refractivity contribution in [2.75, 3.05) is 13.7 Å². The molecule has 0 amide bonds. The number of ether oxygens (including phenoxy) is 1. The fourth-order valence-corrected chi connectivity index (χ4v) is 4.83. The van der Waals surface area contributed by atoms with Gasteiger partial charge in [0.25, 0.3) is 0 Å². The molecule has 106 valence electrons. The Bertz CT molecular complexity index is 568. The monoisotopic (exact) mass is 270 g/mol. The molecule has 1 aliphatic heterocycles. The lowest BCUT2D eigenvalue weighted by Gasteiger charge is -2.56. The largest absolute Gasteiger partial charge is 0.481 e. The first-order chi connectivity index (χ1) is 9.73. The first-order valence-corrected chi connectivity index (χ1v) is 7.69. The summed E-state index contributed by atoms with van der Waals surface area (Å²) in [4.78, 5) is 4.73. The van der Waals surface area contributed by atoms with Crippen LogP contribution in [0.3, 0.4) is 0 Å². The zero-order chi connectivity index (χ0) is 13.7. The SMILES string of the molecule is C=C1C[C@H]2Cc3nc(OC)ccc3[C@]3(C1)NCCC[C@H]23. The maximum absolute atomic E-state index is 5.31. The van der Waals surface area contributed by atoms with Gasteiger partial charge in [-0.3, -0.25) is 0 Å². The van der Waals surface area contributed by atoms with Gasteiger partial charge in [-0.25, -0.2) is 4.98 Å². The minimum atomic E-state index is 0.102. The smallest absolute Gasteiger partial charge is 0.213 e. The normalized spacial score (nSPS) is 35.1.